The summed E-state index contributed by atoms with van der Waals surface area (Å²) in [5, 5.41) is 15.6. The first-order valence-corrected chi connectivity index (χ1v) is 6.71. The van der Waals surface area contributed by atoms with Crippen LogP contribution in [-0.4, -0.2) is 27.1 Å². The Labute approximate surface area is 127 Å². The molecule has 2 N–H and O–H groups in total. The van der Waals surface area contributed by atoms with Gasteiger partial charge in [-0.1, -0.05) is 25.9 Å². The molecule has 116 valence electrons. The maximum Gasteiger partial charge on any atom is 0.343 e. The number of carbonyl (C=O) groups is 2. The van der Waals surface area contributed by atoms with E-state index in [4.69, 9.17) is 4.52 Å². The van der Waals surface area contributed by atoms with E-state index in [0.29, 0.717) is 5.56 Å². The van der Waals surface area contributed by atoms with Crippen LogP contribution in [0.3, 0.4) is 0 Å². The van der Waals surface area contributed by atoms with Gasteiger partial charge < -0.3 is 9.63 Å². The molecule has 0 radical (unpaired) electrons. The number of hydrogen-bond acceptors (Lipinski definition) is 5. The number of pyridine rings is 1. The van der Waals surface area contributed by atoms with Gasteiger partial charge in [0.2, 0.25) is 11.8 Å². The molecule has 0 aliphatic carbocycles. The lowest BCUT2D eigenvalue weighted by molar-refractivity contribution is -0.117. The maximum atomic E-state index is 11.9. The maximum absolute atomic E-state index is 11.9. The molecule has 0 fully saturated rings. The van der Waals surface area contributed by atoms with Gasteiger partial charge in [0.25, 0.3) is 0 Å². The van der Waals surface area contributed by atoms with Gasteiger partial charge in [-0.3, -0.25) is 15.1 Å². The smallest absolute Gasteiger partial charge is 0.343 e. The van der Waals surface area contributed by atoms with E-state index in [2.05, 4.69) is 15.5 Å². The minimum atomic E-state index is -1.22. The largest absolute Gasteiger partial charge is 0.477 e. The number of anilines is 1. The minimum absolute atomic E-state index is 0.154. The van der Waals surface area contributed by atoms with E-state index in [0.717, 1.165) is 0 Å². The number of hydrogen-bond donors (Lipinski definition) is 2. The molecule has 2 rings (SSSR count). The Hall–Kier alpha value is -2.70. The number of amides is 1. The van der Waals surface area contributed by atoms with Gasteiger partial charge in [0.05, 0.1) is 0 Å². The van der Waals surface area contributed by atoms with Gasteiger partial charge in [-0.15, -0.1) is 0 Å². The van der Waals surface area contributed by atoms with Crippen molar-refractivity contribution in [2.24, 2.45) is 5.41 Å². The van der Waals surface area contributed by atoms with Crippen LogP contribution in [0.4, 0.5) is 5.88 Å². The zero-order chi connectivity index (χ0) is 16.3. The van der Waals surface area contributed by atoms with Crippen LogP contribution in [0.1, 0.15) is 37.6 Å². The molecule has 2 aromatic rings. The first kappa shape index (κ1) is 15.7. The third kappa shape index (κ3) is 3.69. The summed E-state index contributed by atoms with van der Waals surface area (Å²) in [4.78, 5) is 27.3. The Balaban J connectivity index is 2.32. The average Bonchev–Trinajstić information content (AvgIpc) is 2.81. The summed E-state index contributed by atoms with van der Waals surface area (Å²) in [7, 11) is 0. The van der Waals surface area contributed by atoms with Crippen molar-refractivity contribution >= 4 is 17.8 Å². The second-order valence-corrected chi connectivity index (χ2v) is 6.06. The van der Waals surface area contributed by atoms with E-state index >= 15 is 0 Å². The first-order chi connectivity index (χ1) is 10.3. The van der Waals surface area contributed by atoms with Gasteiger partial charge >= 0.3 is 5.97 Å². The second-order valence-electron chi connectivity index (χ2n) is 6.06. The van der Waals surface area contributed by atoms with Crippen molar-refractivity contribution < 1.29 is 19.2 Å². The molecule has 0 aliphatic heterocycles. The Kier molecular flexibility index (Phi) is 4.25. The quantitative estimate of drug-likeness (QED) is 0.899. The molecular weight excluding hydrogens is 286 g/mol. The van der Waals surface area contributed by atoms with Crippen LogP contribution in [0.2, 0.25) is 0 Å². The normalized spacial score (nSPS) is 11.2. The van der Waals surface area contributed by atoms with Crippen LogP contribution in [-0.2, 0) is 4.79 Å². The molecule has 22 heavy (non-hydrogen) atoms. The summed E-state index contributed by atoms with van der Waals surface area (Å²) in [5.74, 6) is -1.71. The van der Waals surface area contributed by atoms with E-state index in [1.54, 1.807) is 12.1 Å². The van der Waals surface area contributed by atoms with Crippen LogP contribution < -0.4 is 5.32 Å². The third-order valence-electron chi connectivity index (χ3n) is 2.80. The number of carbonyl (C=O) groups excluding carboxylic acids is 1. The van der Waals surface area contributed by atoms with Gasteiger partial charge in [0.1, 0.15) is 5.69 Å². The van der Waals surface area contributed by atoms with Crippen molar-refractivity contribution in [2.45, 2.75) is 27.2 Å². The minimum Gasteiger partial charge on any atom is -0.477 e. The van der Waals surface area contributed by atoms with Gasteiger partial charge in [-0.2, -0.15) is 0 Å². The van der Waals surface area contributed by atoms with Crippen LogP contribution in [0.15, 0.2) is 29.0 Å². The van der Waals surface area contributed by atoms with E-state index in [-0.39, 0.29) is 34.9 Å². The van der Waals surface area contributed by atoms with Crippen molar-refractivity contribution in [3.05, 3.63) is 30.1 Å². The number of aromatic nitrogens is 2. The number of carboxylic acid groups (broad SMARTS) is 1. The average molecular weight is 303 g/mol. The Bertz CT molecular complexity index is 687. The van der Waals surface area contributed by atoms with Crippen molar-refractivity contribution in [1.82, 2.24) is 10.1 Å². The first-order valence-electron chi connectivity index (χ1n) is 6.71. The zero-order valence-electron chi connectivity index (χ0n) is 12.6. The van der Waals surface area contributed by atoms with Gasteiger partial charge in [-0.05, 0) is 17.5 Å². The second kappa shape index (κ2) is 5.97. The predicted octanol–water partition coefficient (Wildman–Crippen LogP) is 2.81. The zero-order valence-corrected chi connectivity index (χ0v) is 12.6. The van der Waals surface area contributed by atoms with Crippen molar-refractivity contribution in [1.29, 1.82) is 0 Å². The molecule has 0 bridgehead atoms. The molecule has 0 unspecified atom stereocenters. The molecule has 2 aromatic heterocycles. The topological polar surface area (TPSA) is 105 Å². The highest BCUT2D eigenvalue weighted by atomic mass is 16.5. The molecule has 0 spiro atoms. The lowest BCUT2D eigenvalue weighted by Crippen LogP contribution is -2.20. The van der Waals surface area contributed by atoms with Crippen LogP contribution in [0.25, 0.3) is 11.3 Å². The molecule has 0 saturated carbocycles. The van der Waals surface area contributed by atoms with Crippen LogP contribution >= 0.6 is 0 Å². The fraction of sp³-hybridized carbons (Fsp3) is 0.333. The summed E-state index contributed by atoms with van der Waals surface area (Å²) >= 11 is 0. The molecule has 1 amide bonds. The summed E-state index contributed by atoms with van der Waals surface area (Å²) in [5.41, 5.74) is 0.309. The SMILES string of the molecule is CC(C)(C)CC(=O)Nc1onc(-c2ccncc2)c1C(=O)O. The van der Waals surface area contributed by atoms with Crippen molar-refractivity contribution in [3.8, 4) is 11.3 Å². The molecule has 7 heteroatoms. The molecule has 7 nitrogen and oxygen atoms in total. The number of rotatable bonds is 4. The summed E-state index contributed by atoms with van der Waals surface area (Å²) < 4.78 is 5.01. The third-order valence-corrected chi connectivity index (χ3v) is 2.80. The monoisotopic (exact) mass is 303 g/mol. The molecule has 2 heterocycles. The van der Waals surface area contributed by atoms with E-state index < -0.39 is 5.97 Å². The Morgan fingerprint density at radius 1 is 1.27 bits per heavy atom. The lowest BCUT2D eigenvalue weighted by atomic mass is 9.92. The highest BCUT2D eigenvalue weighted by Crippen LogP contribution is 2.29. The molecule has 0 aliphatic rings. The predicted molar refractivity (Wildman–Crippen MR) is 79.4 cm³/mol. The Morgan fingerprint density at radius 3 is 2.45 bits per heavy atom. The highest BCUT2D eigenvalue weighted by Gasteiger charge is 2.26. The van der Waals surface area contributed by atoms with E-state index in [9.17, 15) is 14.7 Å². The Morgan fingerprint density at radius 2 is 1.91 bits per heavy atom. The lowest BCUT2D eigenvalue weighted by Gasteiger charge is -2.16. The number of aromatic carboxylic acids is 1. The summed E-state index contributed by atoms with van der Waals surface area (Å²) in [6.07, 6.45) is 3.28. The number of nitrogens with zero attached hydrogens (tertiary/aromatic N) is 2. The fourth-order valence-electron chi connectivity index (χ4n) is 1.93. The molecular formula is C15H17N3O4. The van der Waals surface area contributed by atoms with Crippen LogP contribution in [0.5, 0.6) is 0 Å². The number of nitrogens with one attached hydrogen (secondary N) is 1. The number of carboxylic acids is 1. The molecule has 0 saturated heterocycles. The molecule has 0 aromatic carbocycles. The fourth-order valence-corrected chi connectivity index (χ4v) is 1.93. The van der Waals surface area contributed by atoms with E-state index in [1.807, 2.05) is 20.8 Å². The van der Waals surface area contributed by atoms with Crippen LogP contribution in [0, 0.1) is 5.41 Å². The standard InChI is InChI=1S/C15H17N3O4/c1-15(2,3)8-10(19)17-13-11(14(20)21)12(18-22-13)9-4-6-16-7-5-9/h4-7H,8H2,1-3H3,(H,17,19)(H,20,21). The van der Waals surface area contributed by atoms with Crippen molar-refractivity contribution in [3.63, 3.8) is 0 Å². The van der Waals surface area contributed by atoms with Crippen molar-refractivity contribution in [2.75, 3.05) is 5.32 Å². The molecule has 0 atom stereocenters. The summed E-state index contributed by atoms with van der Waals surface area (Å²) in [6.45, 7) is 5.73. The van der Waals surface area contributed by atoms with E-state index in [1.165, 1.54) is 12.4 Å². The van der Waals surface area contributed by atoms with Gasteiger partial charge in [-0.25, -0.2) is 4.79 Å². The summed E-state index contributed by atoms with van der Waals surface area (Å²) in [6, 6.07) is 3.23. The highest BCUT2D eigenvalue weighted by molar-refractivity contribution is 6.03. The van der Waals surface area contributed by atoms with Gasteiger partial charge in [0.15, 0.2) is 5.56 Å². The van der Waals surface area contributed by atoms with Gasteiger partial charge in [0, 0.05) is 24.4 Å².